The molecule has 21 heavy (non-hydrogen) atoms. The van der Waals surface area contributed by atoms with E-state index in [1.165, 1.54) is 0 Å². The summed E-state index contributed by atoms with van der Waals surface area (Å²) in [6.45, 7) is 3.10. The maximum absolute atomic E-state index is 5.25. The van der Waals surface area contributed by atoms with Crippen molar-refractivity contribution in [2.24, 2.45) is 0 Å². The highest BCUT2D eigenvalue weighted by molar-refractivity contribution is 5.35. The standard InChI is InChI=1S/C17H19N3O/c1-2-10-18-17(14-9-12-21-13-14)16-8-11-19-20(16)15-6-4-3-5-7-15/h3-9,11-13,17-18H,2,10H2,1H3. The molecule has 0 radical (unpaired) electrons. The molecule has 0 bridgehead atoms. The van der Waals surface area contributed by atoms with E-state index < -0.39 is 0 Å². The van der Waals surface area contributed by atoms with Gasteiger partial charge in [-0.2, -0.15) is 5.10 Å². The number of nitrogens with zero attached hydrogens (tertiary/aromatic N) is 2. The van der Waals surface area contributed by atoms with Crippen LogP contribution >= 0.6 is 0 Å². The molecule has 1 atom stereocenters. The summed E-state index contributed by atoms with van der Waals surface area (Å²) in [4.78, 5) is 0. The molecule has 0 aliphatic rings. The lowest BCUT2D eigenvalue weighted by Gasteiger charge is -2.19. The summed E-state index contributed by atoms with van der Waals surface area (Å²) in [5, 5.41) is 8.03. The predicted octanol–water partition coefficient (Wildman–Crippen LogP) is 3.55. The van der Waals surface area contributed by atoms with Crippen LogP contribution in [0.15, 0.2) is 65.6 Å². The lowest BCUT2D eigenvalue weighted by Crippen LogP contribution is -2.25. The monoisotopic (exact) mass is 281 g/mol. The summed E-state index contributed by atoms with van der Waals surface area (Å²) in [5.41, 5.74) is 3.28. The van der Waals surface area contributed by atoms with E-state index in [-0.39, 0.29) is 6.04 Å². The van der Waals surface area contributed by atoms with Crippen molar-refractivity contribution in [1.29, 1.82) is 0 Å². The average Bonchev–Trinajstić information content (AvgIpc) is 3.20. The lowest BCUT2D eigenvalue weighted by atomic mass is 10.1. The summed E-state index contributed by atoms with van der Waals surface area (Å²) < 4.78 is 7.22. The highest BCUT2D eigenvalue weighted by atomic mass is 16.3. The molecule has 0 saturated heterocycles. The van der Waals surface area contributed by atoms with Gasteiger partial charge in [-0.15, -0.1) is 0 Å². The van der Waals surface area contributed by atoms with Crippen molar-refractivity contribution in [3.8, 4) is 5.69 Å². The van der Waals surface area contributed by atoms with Crippen LogP contribution in [0.1, 0.15) is 30.6 Å². The molecule has 0 saturated carbocycles. The first kappa shape index (κ1) is 13.6. The zero-order valence-electron chi connectivity index (χ0n) is 12.1. The van der Waals surface area contributed by atoms with Gasteiger partial charge in [-0.1, -0.05) is 25.1 Å². The molecule has 2 aromatic heterocycles. The zero-order valence-corrected chi connectivity index (χ0v) is 12.1. The quantitative estimate of drug-likeness (QED) is 0.751. The van der Waals surface area contributed by atoms with Crippen LogP contribution in [0, 0.1) is 0 Å². The molecular formula is C17H19N3O. The van der Waals surface area contributed by atoms with Gasteiger partial charge >= 0.3 is 0 Å². The summed E-state index contributed by atoms with van der Waals surface area (Å²) in [7, 11) is 0. The first-order valence-electron chi connectivity index (χ1n) is 7.25. The number of rotatable bonds is 6. The smallest absolute Gasteiger partial charge is 0.0954 e. The highest BCUT2D eigenvalue weighted by Crippen LogP contribution is 2.24. The van der Waals surface area contributed by atoms with Crippen molar-refractivity contribution in [3.05, 3.63) is 72.4 Å². The Morgan fingerprint density at radius 2 is 2.05 bits per heavy atom. The Morgan fingerprint density at radius 1 is 1.19 bits per heavy atom. The fourth-order valence-corrected chi connectivity index (χ4v) is 2.44. The second-order valence-electron chi connectivity index (χ2n) is 4.95. The van der Waals surface area contributed by atoms with E-state index >= 15 is 0 Å². The van der Waals surface area contributed by atoms with Crippen molar-refractivity contribution < 1.29 is 4.42 Å². The Bertz CT molecular complexity index is 658. The second-order valence-corrected chi connectivity index (χ2v) is 4.95. The topological polar surface area (TPSA) is 43.0 Å². The molecule has 1 N–H and O–H groups in total. The SMILES string of the molecule is CCCNC(c1ccoc1)c1ccnn1-c1ccccc1. The maximum atomic E-state index is 5.25. The molecule has 3 rings (SSSR count). The Morgan fingerprint density at radius 3 is 2.76 bits per heavy atom. The maximum Gasteiger partial charge on any atom is 0.0954 e. The number of benzene rings is 1. The third-order valence-electron chi connectivity index (χ3n) is 3.44. The minimum atomic E-state index is 0.0754. The van der Waals surface area contributed by atoms with Crippen molar-refractivity contribution in [2.45, 2.75) is 19.4 Å². The van der Waals surface area contributed by atoms with E-state index in [4.69, 9.17) is 4.42 Å². The largest absolute Gasteiger partial charge is 0.472 e. The van der Waals surface area contributed by atoms with Gasteiger partial charge in [-0.25, -0.2) is 4.68 Å². The first-order chi connectivity index (χ1) is 10.4. The van der Waals surface area contributed by atoms with Crippen LogP contribution < -0.4 is 5.32 Å². The van der Waals surface area contributed by atoms with Gasteiger partial charge in [0.15, 0.2) is 0 Å². The summed E-state index contributed by atoms with van der Waals surface area (Å²) in [6, 6.07) is 14.3. The van der Waals surface area contributed by atoms with E-state index in [9.17, 15) is 0 Å². The third kappa shape index (κ3) is 2.90. The molecule has 0 aliphatic carbocycles. The van der Waals surface area contributed by atoms with Crippen LogP contribution in [0.2, 0.25) is 0 Å². The lowest BCUT2D eigenvalue weighted by molar-refractivity contribution is 0.538. The van der Waals surface area contributed by atoms with Crippen molar-refractivity contribution in [2.75, 3.05) is 6.54 Å². The zero-order chi connectivity index (χ0) is 14.5. The molecule has 0 aliphatic heterocycles. The number of nitrogens with one attached hydrogen (secondary N) is 1. The van der Waals surface area contributed by atoms with Gasteiger partial charge in [0, 0.05) is 11.8 Å². The molecule has 1 unspecified atom stereocenters. The average molecular weight is 281 g/mol. The number of hydrogen-bond donors (Lipinski definition) is 1. The predicted molar refractivity (Wildman–Crippen MR) is 82.4 cm³/mol. The summed E-state index contributed by atoms with van der Waals surface area (Å²) >= 11 is 0. The Labute approximate surface area is 124 Å². The molecule has 108 valence electrons. The Balaban J connectivity index is 1.99. The van der Waals surface area contributed by atoms with Gasteiger partial charge in [0.2, 0.25) is 0 Å². The summed E-state index contributed by atoms with van der Waals surface area (Å²) in [5.74, 6) is 0. The van der Waals surface area contributed by atoms with Gasteiger partial charge in [-0.3, -0.25) is 0 Å². The third-order valence-corrected chi connectivity index (χ3v) is 3.44. The van der Waals surface area contributed by atoms with Crippen LogP contribution in [0.3, 0.4) is 0 Å². The van der Waals surface area contributed by atoms with E-state index in [0.29, 0.717) is 0 Å². The van der Waals surface area contributed by atoms with Crippen molar-refractivity contribution in [3.63, 3.8) is 0 Å². The highest BCUT2D eigenvalue weighted by Gasteiger charge is 2.19. The molecule has 4 heteroatoms. The fraction of sp³-hybridized carbons (Fsp3) is 0.235. The van der Waals surface area contributed by atoms with Gasteiger partial charge in [0.25, 0.3) is 0 Å². The Hall–Kier alpha value is -2.33. The number of furan rings is 1. The minimum Gasteiger partial charge on any atom is -0.472 e. The molecule has 0 fully saturated rings. The molecule has 2 heterocycles. The van der Waals surface area contributed by atoms with E-state index in [0.717, 1.165) is 29.9 Å². The molecular weight excluding hydrogens is 262 g/mol. The van der Waals surface area contributed by atoms with Crippen LogP contribution in [-0.2, 0) is 0 Å². The van der Waals surface area contributed by atoms with Gasteiger partial charge in [-0.05, 0) is 37.2 Å². The fourth-order valence-electron chi connectivity index (χ4n) is 2.44. The van der Waals surface area contributed by atoms with Crippen LogP contribution in [-0.4, -0.2) is 16.3 Å². The normalized spacial score (nSPS) is 12.4. The van der Waals surface area contributed by atoms with Crippen LogP contribution in [0.25, 0.3) is 5.69 Å². The molecule has 0 amide bonds. The molecule has 0 spiro atoms. The second kappa shape index (κ2) is 6.41. The summed E-state index contributed by atoms with van der Waals surface area (Å²) in [6.07, 6.45) is 6.41. The Kier molecular flexibility index (Phi) is 4.17. The number of aromatic nitrogens is 2. The van der Waals surface area contributed by atoms with E-state index in [2.05, 4.69) is 29.5 Å². The first-order valence-corrected chi connectivity index (χ1v) is 7.25. The minimum absolute atomic E-state index is 0.0754. The van der Waals surface area contributed by atoms with E-state index in [1.54, 1.807) is 12.5 Å². The van der Waals surface area contributed by atoms with Crippen LogP contribution in [0.4, 0.5) is 0 Å². The number of hydrogen-bond acceptors (Lipinski definition) is 3. The van der Waals surface area contributed by atoms with Gasteiger partial charge in [0.05, 0.1) is 29.9 Å². The van der Waals surface area contributed by atoms with Gasteiger partial charge < -0.3 is 9.73 Å². The molecule has 1 aromatic carbocycles. The number of para-hydroxylation sites is 1. The van der Waals surface area contributed by atoms with Crippen LogP contribution in [0.5, 0.6) is 0 Å². The van der Waals surface area contributed by atoms with E-state index in [1.807, 2.05) is 41.2 Å². The van der Waals surface area contributed by atoms with Gasteiger partial charge in [0.1, 0.15) is 0 Å². The van der Waals surface area contributed by atoms with Crippen molar-refractivity contribution >= 4 is 0 Å². The molecule has 4 nitrogen and oxygen atoms in total. The molecule has 3 aromatic rings. The van der Waals surface area contributed by atoms with Crippen molar-refractivity contribution in [1.82, 2.24) is 15.1 Å².